The Bertz CT molecular complexity index is 260. The van der Waals surface area contributed by atoms with Gasteiger partial charge in [-0.2, -0.15) is 0 Å². The molecule has 1 fully saturated rings. The summed E-state index contributed by atoms with van der Waals surface area (Å²) < 4.78 is 0. The molecule has 0 saturated heterocycles. The molecule has 0 radical (unpaired) electrons. The molecule has 4 heteroatoms. The number of hydrogen-bond acceptors (Lipinski definition) is 3. The Hall–Kier alpha value is -0.610. The first-order valence-electron chi connectivity index (χ1n) is 7.83. The number of likely N-dealkylation sites (N-methyl/N-ethyl adjacent to an activating group) is 1. The monoisotopic (exact) mass is 269 g/mol. The molecule has 19 heavy (non-hydrogen) atoms. The molecule has 0 spiro atoms. The van der Waals surface area contributed by atoms with E-state index in [4.69, 9.17) is 5.73 Å². The van der Waals surface area contributed by atoms with Crippen LogP contribution >= 0.6 is 0 Å². The van der Waals surface area contributed by atoms with Gasteiger partial charge in [0, 0.05) is 38.1 Å². The topological polar surface area (TPSA) is 49.6 Å². The van der Waals surface area contributed by atoms with Crippen molar-refractivity contribution in [3.05, 3.63) is 0 Å². The minimum Gasteiger partial charge on any atom is -0.343 e. The summed E-state index contributed by atoms with van der Waals surface area (Å²) in [5.74, 6) is 0.239. The van der Waals surface area contributed by atoms with Crippen LogP contribution in [-0.2, 0) is 4.79 Å². The van der Waals surface area contributed by atoms with Crippen LogP contribution in [0.2, 0.25) is 0 Å². The van der Waals surface area contributed by atoms with Crippen LogP contribution in [0.15, 0.2) is 0 Å². The lowest BCUT2D eigenvalue weighted by atomic mass is 9.93. The highest BCUT2D eigenvalue weighted by Crippen LogP contribution is 2.23. The highest BCUT2D eigenvalue weighted by Gasteiger charge is 2.26. The van der Waals surface area contributed by atoms with Gasteiger partial charge in [-0.15, -0.1) is 0 Å². The number of hydrogen-bond donors (Lipinski definition) is 1. The molecule has 0 aromatic carbocycles. The molecule has 112 valence electrons. The minimum absolute atomic E-state index is 0.191. The minimum atomic E-state index is 0.191. The summed E-state index contributed by atoms with van der Waals surface area (Å²) in [7, 11) is 2.14. The van der Waals surface area contributed by atoms with Crippen molar-refractivity contribution in [1.82, 2.24) is 9.80 Å². The van der Waals surface area contributed by atoms with Gasteiger partial charge in [0.25, 0.3) is 0 Å². The van der Waals surface area contributed by atoms with Crippen molar-refractivity contribution < 1.29 is 4.79 Å². The predicted octanol–water partition coefficient (Wildman–Crippen LogP) is 1.84. The quantitative estimate of drug-likeness (QED) is 0.767. The van der Waals surface area contributed by atoms with Gasteiger partial charge < -0.3 is 10.6 Å². The normalized spacial score (nSPS) is 18.6. The number of rotatable bonds is 7. The zero-order chi connectivity index (χ0) is 14.3. The van der Waals surface area contributed by atoms with E-state index < -0.39 is 0 Å². The van der Waals surface area contributed by atoms with E-state index in [9.17, 15) is 4.79 Å². The first-order chi connectivity index (χ1) is 9.13. The number of amides is 1. The first-order valence-corrected chi connectivity index (χ1v) is 7.83. The zero-order valence-electron chi connectivity index (χ0n) is 12.9. The van der Waals surface area contributed by atoms with Gasteiger partial charge in [0.15, 0.2) is 0 Å². The second-order valence-electron chi connectivity index (χ2n) is 5.62. The third-order valence-electron chi connectivity index (χ3n) is 4.53. The molecule has 0 aliphatic heterocycles. The molecule has 1 rings (SSSR count). The van der Waals surface area contributed by atoms with Crippen molar-refractivity contribution >= 4 is 5.91 Å². The molecular weight excluding hydrogens is 238 g/mol. The molecule has 0 aromatic heterocycles. The number of carbonyl (C=O) groups excluding carboxylic acids is 1. The fourth-order valence-electron chi connectivity index (χ4n) is 3.09. The summed E-state index contributed by atoms with van der Waals surface area (Å²) in [6.07, 6.45) is 7.06. The Kier molecular flexibility index (Phi) is 7.39. The van der Waals surface area contributed by atoms with Crippen LogP contribution in [-0.4, -0.2) is 54.5 Å². The summed E-state index contributed by atoms with van der Waals surface area (Å²) >= 11 is 0. The third-order valence-corrected chi connectivity index (χ3v) is 4.53. The highest BCUT2D eigenvalue weighted by atomic mass is 16.2. The standard InChI is InChI=1S/C15H31N3O/c1-4-18(5-2)15(19)11-14(12-16)17(3)13-9-7-6-8-10-13/h13-14H,4-12,16H2,1-3H3. The SMILES string of the molecule is CCN(CC)C(=O)CC(CN)N(C)C1CCCCC1. The van der Waals surface area contributed by atoms with E-state index in [0.29, 0.717) is 19.0 Å². The van der Waals surface area contributed by atoms with Crippen molar-refractivity contribution in [1.29, 1.82) is 0 Å². The van der Waals surface area contributed by atoms with Crippen molar-refractivity contribution in [2.24, 2.45) is 5.73 Å². The lowest BCUT2D eigenvalue weighted by molar-refractivity contribution is -0.132. The summed E-state index contributed by atoms with van der Waals surface area (Å²) in [5, 5.41) is 0. The van der Waals surface area contributed by atoms with Crippen molar-refractivity contribution in [2.45, 2.75) is 64.5 Å². The van der Waals surface area contributed by atoms with E-state index in [0.717, 1.165) is 13.1 Å². The molecule has 2 N–H and O–H groups in total. The van der Waals surface area contributed by atoms with Gasteiger partial charge >= 0.3 is 0 Å². The van der Waals surface area contributed by atoms with Crippen LogP contribution in [0.25, 0.3) is 0 Å². The number of nitrogens with two attached hydrogens (primary N) is 1. The summed E-state index contributed by atoms with van der Waals surface area (Å²) in [5.41, 5.74) is 5.90. The van der Waals surface area contributed by atoms with Crippen LogP contribution < -0.4 is 5.73 Å². The number of nitrogens with zero attached hydrogens (tertiary/aromatic N) is 2. The number of carbonyl (C=O) groups is 1. The van der Waals surface area contributed by atoms with Crippen LogP contribution in [0.4, 0.5) is 0 Å². The summed E-state index contributed by atoms with van der Waals surface area (Å²) in [6, 6.07) is 0.808. The van der Waals surface area contributed by atoms with Gasteiger partial charge in [-0.25, -0.2) is 0 Å². The smallest absolute Gasteiger partial charge is 0.224 e. The average Bonchev–Trinajstić information content (AvgIpc) is 2.46. The van der Waals surface area contributed by atoms with Gasteiger partial charge in [0.2, 0.25) is 5.91 Å². The van der Waals surface area contributed by atoms with Crippen LogP contribution in [0, 0.1) is 0 Å². The van der Waals surface area contributed by atoms with Crippen LogP contribution in [0.1, 0.15) is 52.4 Å². The second kappa shape index (κ2) is 8.54. The van der Waals surface area contributed by atoms with E-state index in [1.807, 2.05) is 18.7 Å². The third kappa shape index (κ3) is 4.77. The zero-order valence-corrected chi connectivity index (χ0v) is 12.9. The molecule has 1 aliphatic rings. The van der Waals surface area contributed by atoms with Gasteiger partial charge in [0.05, 0.1) is 0 Å². The van der Waals surface area contributed by atoms with E-state index in [1.165, 1.54) is 32.1 Å². The van der Waals surface area contributed by atoms with Crippen LogP contribution in [0.5, 0.6) is 0 Å². The van der Waals surface area contributed by atoms with Gasteiger partial charge in [0.1, 0.15) is 0 Å². The molecule has 0 bridgehead atoms. The Morgan fingerprint density at radius 1 is 1.21 bits per heavy atom. The first kappa shape index (κ1) is 16.4. The molecule has 0 heterocycles. The molecule has 1 amide bonds. The Morgan fingerprint density at radius 2 is 1.79 bits per heavy atom. The van der Waals surface area contributed by atoms with Crippen LogP contribution in [0.3, 0.4) is 0 Å². The maximum absolute atomic E-state index is 12.2. The Labute approximate surface area is 118 Å². The molecule has 1 unspecified atom stereocenters. The fraction of sp³-hybridized carbons (Fsp3) is 0.933. The molecule has 4 nitrogen and oxygen atoms in total. The maximum Gasteiger partial charge on any atom is 0.224 e. The largest absolute Gasteiger partial charge is 0.343 e. The van der Waals surface area contributed by atoms with E-state index in [2.05, 4.69) is 11.9 Å². The Morgan fingerprint density at radius 3 is 2.26 bits per heavy atom. The average molecular weight is 269 g/mol. The van der Waals surface area contributed by atoms with Gasteiger partial charge in [-0.05, 0) is 33.7 Å². The molecule has 1 atom stereocenters. The van der Waals surface area contributed by atoms with E-state index in [-0.39, 0.29) is 11.9 Å². The highest BCUT2D eigenvalue weighted by molar-refractivity contribution is 5.76. The molecular formula is C15H31N3O. The van der Waals surface area contributed by atoms with Crippen molar-refractivity contribution in [3.8, 4) is 0 Å². The molecule has 1 saturated carbocycles. The van der Waals surface area contributed by atoms with Gasteiger partial charge in [-0.3, -0.25) is 9.69 Å². The van der Waals surface area contributed by atoms with Crippen molar-refractivity contribution in [2.75, 3.05) is 26.7 Å². The predicted molar refractivity (Wildman–Crippen MR) is 80.0 cm³/mol. The van der Waals surface area contributed by atoms with E-state index >= 15 is 0 Å². The fourth-order valence-corrected chi connectivity index (χ4v) is 3.09. The summed E-state index contributed by atoms with van der Waals surface area (Å²) in [6.45, 7) is 6.22. The van der Waals surface area contributed by atoms with Gasteiger partial charge in [-0.1, -0.05) is 19.3 Å². The Balaban J connectivity index is 2.53. The molecule has 1 aliphatic carbocycles. The lowest BCUT2D eigenvalue weighted by Crippen LogP contribution is -2.47. The second-order valence-corrected chi connectivity index (χ2v) is 5.62. The maximum atomic E-state index is 12.2. The molecule has 0 aromatic rings. The summed E-state index contributed by atoms with van der Waals surface area (Å²) in [4.78, 5) is 16.5. The van der Waals surface area contributed by atoms with Crippen molar-refractivity contribution in [3.63, 3.8) is 0 Å². The van der Waals surface area contributed by atoms with E-state index in [1.54, 1.807) is 0 Å². The lowest BCUT2D eigenvalue weighted by Gasteiger charge is -2.37.